The minimum atomic E-state index is 0.261. The summed E-state index contributed by atoms with van der Waals surface area (Å²) in [6.45, 7) is 8.29. The van der Waals surface area contributed by atoms with Crippen molar-refractivity contribution in [2.75, 3.05) is 19.6 Å². The zero-order chi connectivity index (χ0) is 14.1. The first-order chi connectivity index (χ1) is 9.60. The smallest absolute Gasteiger partial charge is 0.0335 e. The van der Waals surface area contributed by atoms with Crippen molar-refractivity contribution in [2.45, 2.75) is 63.5 Å². The van der Waals surface area contributed by atoms with E-state index in [2.05, 4.69) is 40.9 Å². The van der Waals surface area contributed by atoms with Gasteiger partial charge in [-0.25, -0.2) is 0 Å². The Hall–Kier alpha value is -0.380. The van der Waals surface area contributed by atoms with E-state index in [1.165, 1.54) is 63.7 Å². The highest BCUT2D eigenvalue weighted by atomic mass is 32.1. The number of piperazine rings is 1. The molecule has 1 aromatic rings. The summed E-state index contributed by atoms with van der Waals surface area (Å²) >= 11 is 1.82. The number of thiophene rings is 1. The lowest BCUT2D eigenvalue weighted by Crippen LogP contribution is -2.68. The first-order valence-electron chi connectivity index (χ1n) is 8.11. The molecule has 0 radical (unpaired) electrons. The van der Waals surface area contributed by atoms with E-state index in [1.807, 2.05) is 11.3 Å². The molecular formula is C17H28N2S. The summed E-state index contributed by atoms with van der Waals surface area (Å²) in [4.78, 5) is 2.82. The van der Waals surface area contributed by atoms with Crippen molar-refractivity contribution in [3.63, 3.8) is 0 Å². The first-order valence-corrected chi connectivity index (χ1v) is 9.05. The van der Waals surface area contributed by atoms with Gasteiger partial charge in [0, 0.05) is 30.7 Å². The molecule has 3 rings (SSSR count). The van der Waals surface area contributed by atoms with E-state index in [0.29, 0.717) is 5.54 Å². The third-order valence-corrected chi connectivity index (χ3v) is 5.92. The standard InChI is InChI=1S/C17H28N2S/c1-16(2)14-19(10-6-15-7-11-20-12-15)17(13-18-16)8-4-3-5-9-17/h7,11-12,18H,3-6,8-10,13-14H2,1-2H3. The molecule has 1 aromatic heterocycles. The lowest BCUT2D eigenvalue weighted by Gasteiger charge is -2.54. The van der Waals surface area contributed by atoms with Crippen LogP contribution in [-0.4, -0.2) is 35.6 Å². The van der Waals surface area contributed by atoms with Crippen molar-refractivity contribution in [3.8, 4) is 0 Å². The second-order valence-corrected chi connectivity index (χ2v) is 8.11. The summed E-state index contributed by atoms with van der Waals surface area (Å²) in [7, 11) is 0. The van der Waals surface area contributed by atoms with Gasteiger partial charge in [-0.1, -0.05) is 19.3 Å². The van der Waals surface area contributed by atoms with E-state index in [1.54, 1.807) is 0 Å². The molecule has 0 atom stereocenters. The highest BCUT2D eigenvalue weighted by Gasteiger charge is 2.43. The number of nitrogens with zero attached hydrogens (tertiary/aromatic N) is 1. The monoisotopic (exact) mass is 292 g/mol. The molecule has 2 fully saturated rings. The number of hydrogen-bond acceptors (Lipinski definition) is 3. The van der Waals surface area contributed by atoms with Crippen LogP contribution in [0.5, 0.6) is 0 Å². The summed E-state index contributed by atoms with van der Waals surface area (Å²) in [5, 5.41) is 8.31. The van der Waals surface area contributed by atoms with Gasteiger partial charge in [0.15, 0.2) is 0 Å². The number of nitrogens with one attached hydrogen (secondary N) is 1. The van der Waals surface area contributed by atoms with Crippen molar-refractivity contribution in [2.24, 2.45) is 0 Å². The number of hydrogen-bond donors (Lipinski definition) is 1. The van der Waals surface area contributed by atoms with Crippen molar-refractivity contribution in [1.82, 2.24) is 10.2 Å². The minimum Gasteiger partial charge on any atom is -0.309 e. The summed E-state index contributed by atoms with van der Waals surface area (Å²) < 4.78 is 0. The van der Waals surface area contributed by atoms with E-state index in [0.717, 1.165) is 0 Å². The van der Waals surface area contributed by atoms with Gasteiger partial charge >= 0.3 is 0 Å². The molecule has 1 saturated heterocycles. The molecule has 0 amide bonds. The summed E-state index contributed by atoms with van der Waals surface area (Å²) in [6, 6.07) is 2.28. The maximum Gasteiger partial charge on any atom is 0.0335 e. The van der Waals surface area contributed by atoms with Gasteiger partial charge < -0.3 is 5.32 Å². The zero-order valence-corrected chi connectivity index (χ0v) is 13.8. The van der Waals surface area contributed by atoms with Crippen LogP contribution in [0.1, 0.15) is 51.5 Å². The average molecular weight is 292 g/mol. The molecule has 2 nitrogen and oxygen atoms in total. The Kier molecular flexibility index (Phi) is 4.21. The highest BCUT2D eigenvalue weighted by molar-refractivity contribution is 7.07. The van der Waals surface area contributed by atoms with Crippen LogP contribution in [0, 0.1) is 0 Å². The van der Waals surface area contributed by atoms with Crippen LogP contribution in [0.15, 0.2) is 16.8 Å². The summed E-state index contributed by atoms with van der Waals surface area (Å²) in [5.41, 5.74) is 2.22. The van der Waals surface area contributed by atoms with Crippen molar-refractivity contribution < 1.29 is 0 Å². The Balaban J connectivity index is 1.71. The van der Waals surface area contributed by atoms with Gasteiger partial charge in [0.05, 0.1) is 0 Å². The molecule has 2 aliphatic rings. The van der Waals surface area contributed by atoms with Gasteiger partial charge in [-0.05, 0) is 55.5 Å². The van der Waals surface area contributed by atoms with Crippen molar-refractivity contribution >= 4 is 11.3 Å². The van der Waals surface area contributed by atoms with Crippen LogP contribution in [0.3, 0.4) is 0 Å². The Morgan fingerprint density at radius 3 is 2.75 bits per heavy atom. The van der Waals surface area contributed by atoms with Gasteiger partial charge in [0.1, 0.15) is 0 Å². The number of rotatable bonds is 3. The fraction of sp³-hybridized carbons (Fsp3) is 0.765. The Bertz CT molecular complexity index is 418. The molecule has 0 unspecified atom stereocenters. The molecule has 20 heavy (non-hydrogen) atoms. The Morgan fingerprint density at radius 1 is 1.25 bits per heavy atom. The minimum absolute atomic E-state index is 0.261. The van der Waals surface area contributed by atoms with Crippen molar-refractivity contribution in [3.05, 3.63) is 22.4 Å². The van der Waals surface area contributed by atoms with E-state index in [-0.39, 0.29) is 5.54 Å². The van der Waals surface area contributed by atoms with Crippen LogP contribution in [-0.2, 0) is 6.42 Å². The molecule has 1 aliphatic heterocycles. The van der Waals surface area contributed by atoms with E-state index < -0.39 is 0 Å². The summed E-state index contributed by atoms with van der Waals surface area (Å²) in [5.74, 6) is 0. The lowest BCUT2D eigenvalue weighted by molar-refractivity contribution is -0.00898. The van der Waals surface area contributed by atoms with Crippen LogP contribution >= 0.6 is 11.3 Å². The molecule has 112 valence electrons. The summed E-state index contributed by atoms with van der Waals surface area (Å²) in [6.07, 6.45) is 8.25. The molecular weight excluding hydrogens is 264 g/mol. The third kappa shape index (κ3) is 3.10. The molecule has 0 aromatic carbocycles. The van der Waals surface area contributed by atoms with E-state index >= 15 is 0 Å². The SMILES string of the molecule is CC1(C)CN(CCc2ccsc2)C2(CCCCC2)CN1. The first kappa shape index (κ1) is 14.6. The van der Waals surface area contributed by atoms with Crippen molar-refractivity contribution in [1.29, 1.82) is 0 Å². The van der Waals surface area contributed by atoms with Gasteiger partial charge in [0.2, 0.25) is 0 Å². The van der Waals surface area contributed by atoms with Crippen LogP contribution in [0.4, 0.5) is 0 Å². The average Bonchev–Trinajstić information content (AvgIpc) is 2.95. The second kappa shape index (κ2) is 5.78. The fourth-order valence-corrected chi connectivity index (χ4v) is 4.64. The zero-order valence-electron chi connectivity index (χ0n) is 13.0. The largest absolute Gasteiger partial charge is 0.309 e. The van der Waals surface area contributed by atoms with Gasteiger partial charge in [-0.15, -0.1) is 0 Å². The van der Waals surface area contributed by atoms with Crippen LogP contribution < -0.4 is 5.32 Å². The highest BCUT2D eigenvalue weighted by Crippen LogP contribution is 2.37. The molecule has 1 aliphatic carbocycles. The quantitative estimate of drug-likeness (QED) is 0.914. The predicted octanol–water partition coefficient (Wildman–Crippen LogP) is 3.68. The molecule has 0 bridgehead atoms. The predicted molar refractivity (Wildman–Crippen MR) is 87.5 cm³/mol. The second-order valence-electron chi connectivity index (χ2n) is 7.33. The van der Waals surface area contributed by atoms with Gasteiger partial charge in [-0.2, -0.15) is 11.3 Å². The molecule has 2 heterocycles. The molecule has 1 spiro atoms. The molecule has 1 N–H and O–H groups in total. The lowest BCUT2D eigenvalue weighted by atomic mass is 9.77. The van der Waals surface area contributed by atoms with E-state index in [9.17, 15) is 0 Å². The molecule has 3 heteroatoms. The van der Waals surface area contributed by atoms with E-state index in [4.69, 9.17) is 0 Å². The maximum absolute atomic E-state index is 3.80. The fourth-order valence-electron chi connectivity index (χ4n) is 3.93. The van der Waals surface area contributed by atoms with Crippen LogP contribution in [0.25, 0.3) is 0 Å². The van der Waals surface area contributed by atoms with Gasteiger partial charge in [-0.3, -0.25) is 4.90 Å². The topological polar surface area (TPSA) is 15.3 Å². The Labute approximate surface area is 127 Å². The molecule has 1 saturated carbocycles. The Morgan fingerprint density at radius 2 is 2.05 bits per heavy atom. The maximum atomic E-state index is 3.80. The van der Waals surface area contributed by atoms with Crippen LogP contribution in [0.2, 0.25) is 0 Å². The van der Waals surface area contributed by atoms with Gasteiger partial charge in [0.25, 0.3) is 0 Å². The normalized spacial score (nSPS) is 25.9. The third-order valence-electron chi connectivity index (χ3n) is 5.19.